The molecule has 0 radical (unpaired) electrons. The molecule has 2 heterocycles. The van der Waals surface area contributed by atoms with E-state index in [9.17, 15) is 8.78 Å². The maximum Gasteiger partial charge on any atom is 0.260 e. The number of benzene rings is 3. The molecule has 36 heavy (non-hydrogen) atoms. The lowest BCUT2D eigenvalue weighted by molar-refractivity contribution is -0.0621. The van der Waals surface area contributed by atoms with Crippen molar-refractivity contribution in [3.63, 3.8) is 0 Å². The van der Waals surface area contributed by atoms with Crippen LogP contribution in [0.5, 0.6) is 0 Å². The number of hydrogen-bond acceptors (Lipinski definition) is 4. The Bertz CT molecular complexity index is 1230. The Kier molecular flexibility index (Phi) is 6.08. The molecule has 0 atom stereocenters. The van der Waals surface area contributed by atoms with Gasteiger partial charge in [0.1, 0.15) is 6.17 Å². The quantitative estimate of drug-likeness (QED) is 0.323. The lowest BCUT2D eigenvalue weighted by Crippen LogP contribution is -2.41. The Morgan fingerprint density at radius 3 is 2.50 bits per heavy atom. The van der Waals surface area contributed by atoms with Gasteiger partial charge in [0.2, 0.25) is 0 Å². The molecule has 6 rings (SSSR count). The van der Waals surface area contributed by atoms with E-state index in [-0.39, 0.29) is 25.0 Å². The van der Waals surface area contributed by atoms with Crippen molar-refractivity contribution < 1.29 is 8.78 Å². The highest BCUT2D eigenvalue weighted by molar-refractivity contribution is 5.76. The molecule has 3 aliphatic rings. The van der Waals surface area contributed by atoms with Gasteiger partial charge in [-0.15, -0.1) is 0 Å². The number of aryl methyl sites for hydroxylation is 1. The number of nitrogens with one attached hydrogen (secondary N) is 3. The maximum atomic E-state index is 14.6. The molecule has 0 amide bonds. The van der Waals surface area contributed by atoms with Crippen LogP contribution in [-0.2, 0) is 13.0 Å². The van der Waals surface area contributed by atoms with E-state index in [1.165, 1.54) is 16.7 Å². The first-order valence-electron chi connectivity index (χ1n) is 13.1. The number of anilines is 4. The highest BCUT2D eigenvalue weighted by Gasteiger charge is 2.37. The summed E-state index contributed by atoms with van der Waals surface area (Å²) < 4.78 is 29.3. The van der Waals surface area contributed by atoms with Crippen LogP contribution in [0.1, 0.15) is 54.1 Å². The standard InChI is InChI=1S/C30H34F2N4/c1-20-12-13-23(16-25(20)29-34-27-9-2-3-10-28(27)35-29)33-26-11-5-8-22-18-36(15-14-24(22)26)19-30(31,32)17-21-6-4-7-21/h2-3,5,8-13,16,21,29,33-35H,4,6-7,14-15,17-19H2,1H3. The SMILES string of the molecule is Cc1ccc(Nc2cccc3c2CCN(CC(F)(F)CC2CCC2)C3)cc1C1Nc2ccccc2N1. The molecule has 0 spiro atoms. The van der Waals surface area contributed by atoms with Gasteiger partial charge in [0.15, 0.2) is 0 Å². The minimum absolute atomic E-state index is 0.0176. The van der Waals surface area contributed by atoms with Gasteiger partial charge in [0, 0.05) is 30.9 Å². The molecule has 0 bridgehead atoms. The Labute approximate surface area is 212 Å². The average Bonchev–Trinajstić information content (AvgIpc) is 3.27. The molecule has 6 heteroatoms. The highest BCUT2D eigenvalue weighted by atomic mass is 19.3. The fourth-order valence-electron chi connectivity index (χ4n) is 5.85. The molecular formula is C30H34F2N4. The molecule has 188 valence electrons. The number of alkyl halides is 2. The molecule has 1 fully saturated rings. The van der Waals surface area contributed by atoms with Crippen LogP contribution in [0, 0.1) is 12.8 Å². The van der Waals surface area contributed by atoms with Crippen molar-refractivity contribution in [3.8, 4) is 0 Å². The molecule has 4 nitrogen and oxygen atoms in total. The number of hydrogen-bond donors (Lipinski definition) is 3. The Hall–Kier alpha value is -3.12. The predicted octanol–water partition coefficient (Wildman–Crippen LogP) is 7.46. The van der Waals surface area contributed by atoms with Gasteiger partial charge >= 0.3 is 0 Å². The Morgan fingerprint density at radius 2 is 1.78 bits per heavy atom. The van der Waals surface area contributed by atoms with Gasteiger partial charge in [-0.1, -0.05) is 49.6 Å². The maximum absolute atomic E-state index is 14.6. The van der Waals surface area contributed by atoms with E-state index >= 15 is 0 Å². The first kappa shape index (κ1) is 23.3. The molecule has 0 unspecified atom stereocenters. The van der Waals surface area contributed by atoms with Gasteiger partial charge in [-0.2, -0.15) is 0 Å². The van der Waals surface area contributed by atoms with E-state index in [0.717, 1.165) is 54.0 Å². The van der Waals surface area contributed by atoms with Crippen LogP contribution in [0.25, 0.3) is 0 Å². The van der Waals surface area contributed by atoms with Crippen LogP contribution in [0.4, 0.5) is 31.5 Å². The fraction of sp³-hybridized carbons (Fsp3) is 0.400. The van der Waals surface area contributed by atoms with Crippen molar-refractivity contribution in [1.82, 2.24) is 4.90 Å². The van der Waals surface area contributed by atoms with Crippen LogP contribution < -0.4 is 16.0 Å². The van der Waals surface area contributed by atoms with Crippen LogP contribution in [0.2, 0.25) is 0 Å². The van der Waals surface area contributed by atoms with E-state index in [0.29, 0.717) is 13.1 Å². The smallest absolute Gasteiger partial charge is 0.260 e. The molecule has 3 aromatic carbocycles. The molecular weight excluding hydrogens is 454 g/mol. The van der Waals surface area contributed by atoms with Crippen molar-refractivity contribution in [2.45, 2.75) is 57.7 Å². The topological polar surface area (TPSA) is 39.3 Å². The molecule has 1 aliphatic carbocycles. The van der Waals surface area contributed by atoms with Crippen LogP contribution in [-0.4, -0.2) is 23.9 Å². The van der Waals surface area contributed by atoms with Gasteiger partial charge in [-0.25, -0.2) is 8.78 Å². The number of para-hydroxylation sites is 2. The zero-order valence-electron chi connectivity index (χ0n) is 20.8. The third-order valence-corrected chi connectivity index (χ3v) is 8.01. The van der Waals surface area contributed by atoms with Gasteiger partial charge in [-0.05, 0) is 71.8 Å². The van der Waals surface area contributed by atoms with Gasteiger partial charge < -0.3 is 16.0 Å². The molecule has 0 saturated heterocycles. The van der Waals surface area contributed by atoms with Crippen molar-refractivity contribution in [2.75, 3.05) is 29.0 Å². The van der Waals surface area contributed by atoms with E-state index in [1.54, 1.807) is 0 Å². The van der Waals surface area contributed by atoms with Crippen molar-refractivity contribution in [3.05, 3.63) is 82.9 Å². The Balaban J connectivity index is 1.16. The molecule has 2 aliphatic heterocycles. The lowest BCUT2D eigenvalue weighted by atomic mass is 9.81. The lowest BCUT2D eigenvalue weighted by Gasteiger charge is -2.35. The molecule has 3 aromatic rings. The highest BCUT2D eigenvalue weighted by Crippen LogP contribution is 2.39. The summed E-state index contributed by atoms with van der Waals surface area (Å²) in [5, 5.41) is 10.8. The van der Waals surface area contributed by atoms with E-state index in [1.807, 2.05) is 23.1 Å². The Morgan fingerprint density at radius 1 is 1.00 bits per heavy atom. The monoisotopic (exact) mass is 488 g/mol. The minimum atomic E-state index is -2.60. The summed E-state index contributed by atoms with van der Waals surface area (Å²) in [5.74, 6) is -2.38. The summed E-state index contributed by atoms with van der Waals surface area (Å²) in [7, 11) is 0. The fourth-order valence-corrected chi connectivity index (χ4v) is 5.85. The summed E-state index contributed by atoms with van der Waals surface area (Å²) in [6.45, 7) is 3.24. The van der Waals surface area contributed by atoms with E-state index in [2.05, 4.69) is 65.3 Å². The third kappa shape index (κ3) is 4.79. The van der Waals surface area contributed by atoms with Crippen LogP contribution in [0.15, 0.2) is 60.7 Å². The second kappa shape index (κ2) is 9.40. The minimum Gasteiger partial charge on any atom is -0.360 e. The second-order valence-electron chi connectivity index (χ2n) is 10.7. The molecule has 0 aromatic heterocycles. The van der Waals surface area contributed by atoms with Crippen molar-refractivity contribution in [1.29, 1.82) is 0 Å². The summed E-state index contributed by atoms with van der Waals surface area (Å²) in [6.07, 6.45) is 3.88. The number of fused-ring (bicyclic) bond motifs is 2. The van der Waals surface area contributed by atoms with E-state index in [4.69, 9.17) is 0 Å². The number of halogens is 2. The van der Waals surface area contributed by atoms with Crippen molar-refractivity contribution >= 4 is 22.7 Å². The van der Waals surface area contributed by atoms with Crippen molar-refractivity contribution in [2.24, 2.45) is 5.92 Å². The molecule has 3 N–H and O–H groups in total. The largest absolute Gasteiger partial charge is 0.360 e. The summed E-state index contributed by atoms with van der Waals surface area (Å²) in [5.41, 5.74) is 9.11. The summed E-state index contributed by atoms with van der Waals surface area (Å²) in [6, 6.07) is 20.9. The second-order valence-corrected chi connectivity index (χ2v) is 10.7. The van der Waals surface area contributed by atoms with Crippen LogP contribution in [0.3, 0.4) is 0 Å². The number of nitrogens with zero attached hydrogens (tertiary/aromatic N) is 1. The zero-order chi connectivity index (χ0) is 24.7. The zero-order valence-corrected chi connectivity index (χ0v) is 20.8. The predicted molar refractivity (Wildman–Crippen MR) is 143 cm³/mol. The van der Waals surface area contributed by atoms with E-state index < -0.39 is 5.92 Å². The normalized spacial score (nSPS) is 18.1. The average molecular weight is 489 g/mol. The first-order chi connectivity index (χ1) is 17.4. The third-order valence-electron chi connectivity index (χ3n) is 8.01. The first-order valence-corrected chi connectivity index (χ1v) is 13.1. The van der Waals surface area contributed by atoms with Gasteiger partial charge in [0.25, 0.3) is 5.92 Å². The van der Waals surface area contributed by atoms with Gasteiger partial charge in [0.05, 0.1) is 17.9 Å². The van der Waals surface area contributed by atoms with Gasteiger partial charge in [-0.3, -0.25) is 4.90 Å². The molecule has 1 saturated carbocycles. The number of rotatable bonds is 7. The summed E-state index contributed by atoms with van der Waals surface area (Å²) >= 11 is 0. The van der Waals surface area contributed by atoms with Crippen LogP contribution >= 0.6 is 0 Å². The summed E-state index contributed by atoms with van der Waals surface area (Å²) in [4.78, 5) is 1.93.